The van der Waals surface area contributed by atoms with E-state index < -0.39 is 10.0 Å². The molecule has 0 bridgehead atoms. The number of sulfonamides is 1. The molecule has 0 saturated heterocycles. The molecule has 0 unspecified atom stereocenters. The highest BCUT2D eigenvalue weighted by atomic mass is 32.2. The number of hydrogen-bond acceptors (Lipinski definition) is 4. The van der Waals surface area contributed by atoms with E-state index in [4.69, 9.17) is 0 Å². The average Bonchev–Trinajstić information content (AvgIpc) is 2.79. The highest BCUT2D eigenvalue weighted by Crippen LogP contribution is 2.15. The van der Waals surface area contributed by atoms with Crippen LogP contribution < -0.4 is 10.0 Å². The van der Waals surface area contributed by atoms with Crippen LogP contribution in [0.25, 0.3) is 6.08 Å². The monoisotopic (exact) mass is 470 g/mol. The van der Waals surface area contributed by atoms with Crippen molar-refractivity contribution < 1.29 is 17.6 Å². The summed E-state index contributed by atoms with van der Waals surface area (Å²) in [5.74, 6) is 0.701. The van der Waals surface area contributed by atoms with Gasteiger partial charge in [0.1, 0.15) is 5.82 Å². The van der Waals surface area contributed by atoms with Crippen LogP contribution in [-0.2, 0) is 15.8 Å². The Bertz CT molecular complexity index is 1170. The van der Waals surface area contributed by atoms with E-state index in [2.05, 4.69) is 10.0 Å². The molecular weight excluding hydrogens is 447 g/mol. The minimum atomic E-state index is -3.67. The second kappa shape index (κ2) is 11.5. The van der Waals surface area contributed by atoms with Crippen LogP contribution in [0.3, 0.4) is 0 Å². The maximum absolute atomic E-state index is 13.6. The van der Waals surface area contributed by atoms with E-state index in [1.54, 1.807) is 42.5 Å². The Hall–Kier alpha value is -3.10. The van der Waals surface area contributed by atoms with Gasteiger partial charge in [0, 0.05) is 29.3 Å². The smallest absolute Gasteiger partial charge is 0.255 e. The van der Waals surface area contributed by atoms with Crippen molar-refractivity contribution in [3.05, 3.63) is 107 Å². The zero-order valence-electron chi connectivity index (χ0n) is 17.2. The molecular formula is C24H23FN2O3S2. The molecule has 5 nitrogen and oxygen atoms in total. The van der Waals surface area contributed by atoms with E-state index in [0.29, 0.717) is 34.9 Å². The SMILES string of the molecule is O=C(NCCSCc1ccccc1F)c1ccc(NS(=O)(=O)C=Cc2ccccc2)cc1. The molecule has 8 heteroatoms. The first-order valence-corrected chi connectivity index (χ1v) is 12.6. The Morgan fingerprint density at radius 3 is 2.34 bits per heavy atom. The van der Waals surface area contributed by atoms with E-state index in [1.807, 2.05) is 18.2 Å². The lowest BCUT2D eigenvalue weighted by Crippen LogP contribution is -2.25. The number of nitrogens with one attached hydrogen (secondary N) is 2. The number of carbonyl (C=O) groups is 1. The third kappa shape index (κ3) is 7.55. The molecule has 0 aliphatic heterocycles. The number of amides is 1. The van der Waals surface area contributed by atoms with Crippen LogP contribution in [0.15, 0.2) is 84.3 Å². The van der Waals surface area contributed by atoms with Gasteiger partial charge in [-0.25, -0.2) is 12.8 Å². The number of carbonyl (C=O) groups excluding carboxylic acids is 1. The van der Waals surface area contributed by atoms with Gasteiger partial charge in [-0.05, 0) is 47.5 Å². The highest BCUT2D eigenvalue weighted by Gasteiger charge is 2.08. The van der Waals surface area contributed by atoms with Gasteiger partial charge in [0.05, 0.1) is 5.41 Å². The van der Waals surface area contributed by atoms with Crippen LogP contribution in [-0.4, -0.2) is 26.6 Å². The van der Waals surface area contributed by atoms with Crippen LogP contribution in [0.5, 0.6) is 0 Å². The van der Waals surface area contributed by atoms with Gasteiger partial charge in [0.15, 0.2) is 0 Å². The Kier molecular flexibility index (Phi) is 8.47. The lowest BCUT2D eigenvalue weighted by Gasteiger charge is -2.08. The third-order valence-corrected chi connectivity index (χ3v) is 6.42. The maximum Gasteiger partial charge on any atom is 0.255 e. The normalized spacial score (nSPS) is 11.4. The summed E-state index contributed by atoms with van der Waals surface area (Å²) < 4.78 is 40.5. The maximum atomic E-state index is 13.6. The summed E-state index contributed by atoms with van der Waals surface area (Å²) in [5.41, 5.74) is 2.20. The Balaban J connectivity index is 1.44. The molecule has 0 radical (unpaired) electrons. The molecule has 0 spiro atoms. The van der Waals surface area contributed by atoms with Crippen molar-refractivity contribution in [1.29, 1.82) is 0 Å². The molecule has 2 N–H and O–H groups in total. The van der Waals surface area contributed by atoms with Gasteiger partial charge < -0.3 is 5.32 Å². The molecule has 0 fully saturated rings. The van der Waals surface area contributed by atoms with Crippen molar-refractivity contribution in [2.24, 2.45) is 0 Å². The minimum absolute atomic E-state index is 0.227. The topological polar surface area (TPSA) is 75.3 Å². The summed E-state index contributed by atoms with van der Waals surface area (Å²) in [6.45, 7) is 0.441. The van der Waals surface area contributed by atoms with E-state index >= 15 is 0 Å². The van der Waals surface area contributed by atoms with Crippen LogP contribution in [0.2, 0.25) is 0 Å². The van der Waals surface area contributed by atoms with Gasteiger partial charge in [0.2, 0.25) is 0 Å². The molecule has 3 aromatic rings. The summed E-state index contributed by atoms with van der Waals surface area (Å²) >= 11 is 1.53. The molecule has 0 aliphatic carbocycles. The highest BCUT2D eigenvalue weighted by molar-refractivity contribution is 7.98. The van der Waals surface area contributed by atoms with Crippen molar-refractivity contribution in [1.82, 2.24) is 5.32 Å². The predicted molar refractivity (Wildman–Crippen MR) is 129 cm³/mol. The van der Waals surface area contributed by atoms with Gasteiger partial charge >= 0.3 is 0 Å². The van der Waals surface area contributed by atoms with Crippen molar-refractivity contribution in [3.8, 4) is 0 Å². The molecule has 166 valence electrons. The van der Waals surface area contributed by atoms with Crippen molar-refractivity contribution >= 4 is 39.5 Å². The van der Waals surface area contributed by atoms with Crippen LogP contribution >= 0.6 is 11.8 Å². The second-order valence-corrected chi connectivity index (χ2v) is 9.51. The van der Waals surface area contributed by atoms with Crippen LogP contribution in [0.1, 0.15) is 21.5 Å². The third-order valence-electron chi connectivity index (χ3n) is 4.39. The van der Waals surface area contributed by atoms with Crippen LogP contribution in [0.4, 0.5) is 10.1 Å². The fourth-order valence-corrected chi connectivity index (χ4v) is 4.47. The summed E-state index contributed by atoms with van der Waals surface area (Å²) in [7, 11) is -3.67. The van der Waals surface area contributed by atoms with Gasteiger partial charge in [-0.3, -0.25) is 9.52 Å². The molecule has 0 atom stereocenters. The number of halogens is 1. The molecule has 32 heavy (non-hydrogen) atoms. The molecule has 0 saturated carbocycles. The minimum Gasteiger partial charge on any atom is -0.351 e. The van der Waals surface area contributed by atoms with Crippen molar-refractivity contribution in [2.75, 3.05) is 17.0 Å². The molecule has 3 rings (SSSR count). The first-order chi connectivity index (χ1) is 15.4. The van der Waals surface area contributed by atoms with Gasteiger partial charge in [-0.15, -0.1) is 0 Å². The van der Waals surface area contributed by atoms with E-state index in [0.717, 1.165) is 11.0 Å². The number of hydrogen-bond donors (Lipinski definition) is 2. The summed E-state index contributed by atoms with van der Waals surface area (Å²) in [6, 6.07) is 21.9. The van der Waals surface area contributed by atoms with Crippen molar-refractivity contribution in [2.45, 2.75) is 5.75 Å². The first-order valence-electron chi connectivity index (χ1n) is 9.88. The van der Waals surface area contributed by atoms with Crippen molar-refractivity contribution in [3.63, 3.8) is 0 Å². The van der Waals surface area contributed by atoms with Gasteiger partial charge in [0.25, 0.3) is 15.9 Å². The number of anilines is 1. The molecule has 0 aliphatic rings. The lowest BCUT2D eigenvalue weighted by atomic mass is 10.2. The lowest BCUT2D eigenvalue weighted by molar-refractivity contribution is 0.0956. The number of rotatable bonds is 10. The largest absolute Gasteiger partial charge is 0.351 e. The van der Waals surface area contributed by atoms with Gasteiger partial charge in [-0.1, -0.05) is 48.5 Å². The number of thioether (sulfide) groups is 1. The Morgan fingerprint density at radius 2 is 1.62 bits per heavy atom. The quantitative estimate of drug-likeness (QED) is 0.413. The molecule has 3 aromatic carbocycles. The van der Waals surface area contributed by atoms with Crippen LogP contribution in [0, 0.1) is 5.82 Å². The Morgan fingerprint density at radius 1 is 0.938 bits per heavy atom. The van der Waals surface area contributed by atoms with Gasteiger partial charge in [-0.2, -0.15) is 11.8 Å². The zero-order chi connectivity index (χ0) is 22.8. The standard InChI is InChI=1S/C24H23FN2O3S2/c25-23-9-5-4-8-21(23)18-31-16-15-26-24(28)20-10-12-22(13-11-20)27-32(29,30)17-14-19-6-2-1-3-7-19/h1-14,17,27H,15-16,18H2,(H,26,28). The predicted octanol–water partition coefficient (Wildman–Crippen LogP) is 4.90. The zero-order valence-corrected chi connectivity index (χ0v) is 18.8. The molecule has 0 heterocycles. The average molecular weight is 471 g/mol. The summed E-state index contributed by atoms with van der Waals surface area (Å²) in [5, 5.41) is 3.90. The fourth-order valence-electron chi connectivity index (χ4n) is 2.76. The van der Waals surface area contributed by atoms with E-state index in [9.17, 15) is 17.6 Å². The summed E-state index contributed by atoms with van der Waals surface area (Å²) in [6.07, 6.45) is 1.51. The Labute approximate surface area is 191 Å². The molecule has 1 amide bonds. The fraction of sp³-hybridized carbons (Fsp3) is 0.125. The second-order valence-electron chi connectivity index (χ2n) is 6.84. The summed E-state index contributed by atoms with van der Waals surface area (Å²) in [4.78, 5) is 12.3. The molecule has 0 aromatic heterocycles. The first kappa shape index (κ1) is 23.6. The van der Waals surface area contributed by atoms with E-state index in [-0.39, 0.29) is 11.7 Å². The van der Waals surface area contributed by atoms with E-state index in [1.165, 1.54) is 36.0 Å². The number of benzene rings is 3.